The molecule has 1 aliphatic heterocycles. The van der Waals surface area contributed by atoms with Crippen molar-refractivity contribution in [3.63, 3.8) is 0 Å². The van der Waals surface area contributed by atoms with Crippen molar-refractivity contribution in [2.24, 2.45) is 5.73 Å². The molecule has 0 aromatic heterocycles. The van der Waals surface area contributed by atoms with Crippen molar-refractivity contribution in [1.82, 2.24) is 4.90 Å². The van der Waals surface area contributed by atoms with Gasteiger partial charge in [-0.05, 0) is 53.3 Å². The number of carbonyl (C=O) groups excluding carboxylic acids is 2. The van der Waals surface area contributed by atoms with Gasteiger partial charge < -0.3 is 10.6 Å². The van der Waals surface area contributed by atoms with Crippen LogP contribution in [0.5, 0.6) is 0 Å². The summed E-state index contributed by atoms with van der Waals surface area (Å²) >= 11 is 0. The van der Waals surface area contributed by atoms with E-state index in [1.807, 2.05) is 54.6 Å². The molecule has 34 heavy (non-hydrogen) atoms. The maximum Gasteiger partial charge on any atom is 0.251 e. The van der Waals surface area contributed by atoms with E-state index in [0.29, 0.717) is 18.8 Å². The molecule has 1 aliphatic rings. The van der Waals surface area contributed by atoms with Gasteiger partial charge in [-0.2, -0.15) is 0 Å². The SMILES string of the molecule is CCc1cccc(-c2ccc(N(CC(=O)N3CC[C@H](N)C3)C(=O)C=Cc3ccccc3)cc2)c1. The predicted octanol–water partition coefficient (Wildman–Crippen LogP) is 4.52. The standard InChI is InChI=1S/C29H31N3O2/c1-2-22-9-6-10-25(19-22)24-12-14-27(15-13-24)32(21-29(34)31-18-17-26(30)20-31)28(33)16-11-23-7-4-3-5-8-23/h3-16,19,26H,2,17-18,20-21,30H2,1H3/t26-/m0/s1. The van der Waals surface area contributed by atoms with Crippen molar-refractivity contribution in [3.8, 4) is 11.1 Å². The second-order valence-electron chi connectivity index (χ2n) is 8.66. The average Bonchev–Trinajstić information content (AvgIpc) is 3.33. The third kappa shape index (κ3) is 5.80. The van der Waals surface area contributed by atoms with Gasteiger partial charge in [0.05, 0.1) is 0 Å². The van der Waals surface area contributed by atoms with Crippen molar-refractivity contribution in [1.29, 1.82) is 0 Å². The molecule has 2 N–H and O–H groups in total. The van der Waals surface area contributed by atoms with E-state index >= 15 is 0 Å². The smallest absolute Gasteiger partial charge is 0.251 e. The predicted molar refractivity (Wildman–Crippen MR) is 138 cm³/mol. The second kappa shape index (κ2) is 10.9. The molecule has 1 saturated heterocycles. The number of amides is 2. The summed E-state index contributed by atoms with van der Waals surface area (Å²) in [6, 6.07) is 25.9. The first-order chi connectivity index (χ1) is 16.5. The van der Waals surface area contributed by atoms with Gasteiger partial charge in [-0.15, -0.1) is 0 Å². The Morgan fingerprint density at radius 3 is 2.44 bits per heavy atom. The minimum atomic E-state index is -0.235. The highest BCUT2D eigenvalue weighted by Crippen LogP contribution is 2.25. The zero-order chi connectivity index (χ0) is 23.9. The average molecular weight is 454 g/mol. The number of carbonyl (C=O) groups is 2. The van der Waals surface area contributed by atoms with Gasteiger partial charge in [0.15, 0.2) is 0 Å². The Labute approximate surface area is 201 Å². The molecule has 5 heteroatoms. The molecule has 0 saturated carbocycles. The van der Waals surface area contributed by atoms with Crippen molar-refractivity contribution in [3.05, 3.63) is 96.1 Å². The molecule has 1 heterocycles. The number of aryl methyl sites for hydroxylation is 1. The van der Waals surface area contributed by atoms with Crippen molar-refractivity contribution < 1.29 is 9.59 Å². The molecule has 0 spiro atoms. The number of hydrogen-bond acceptors (Lipinski definition) is 3. The Balaban J connectivity index is 1.58. The summed E-state index contributed by atoms with van der Waals surface area (Å²) in [5.74, 6) is -0.324. The van der Waals surface area contributed by atoms with E-state index in [1.54, 1.807) is 11.0 Å². The molecule has 1 atom stereocenters. The van der Waals surface area contributed by atoms with Crippen LogP contribution in [-0.4, -0.2) is 42.4 Å². The van der Waals surface area contributed by atoms with Gasteiger partial charge in [0.1, 0.15) is 6.54 Å². The highest BCUT2D eigenvalue weighted by Gasteiger charge is 2.26. The van der Waals surface area contributed by atoms with Crippen LogP contribution in [-0.2, 0) is 16.0 Å². The van der Waals surface area contributed by atoms with E-state index in [-0.39, 0.29) is 24.4 Å². The van der Waals surface area contributed by atoms with Crippen molar-refractivity contribution in [2.75, 3.05) is 24.5 Å². The Bertz CT molecular complexity index is 1160. The molecular weight excluding hydrogens is 422 g/mol. The van der Waals surface area contributed by atoms with E-state index in [2.05, 4.69) is 31.2 Å². The van der Waals surface area contributed by atoms with Crippen molar-refractivity contribution >= 4 is 23.6 Å². The summed E-state index contributed by atoms with van der Waals surface area (Å²) in [5, 5.41) is 0. The number of nitrogens with zero attached hydrogens (tertiary/aromatic N) is 2. The molecule has 3 aromatic rings. The van der Waals surface area contributed by atoms with Crippen LogP contribution < -0.4 is 10.6 Å². The van der Waals surface area contributed by atoms with E-state index in [9.17, 15) is 9.59 Å². The Morgan fingerprint density at radius 1 is 1.00 bits per heavy atom. The van der Waals surface area contributed by atoms with Crippen LogP contribution in [0.4, 0.5) is 5.69 Å². The number of likely N-dealkylation sites (tertiary alicyclic amines) is 1. The number of anilines is 1. The van der Waals surface area contributed by atoms with E-state index in [0.717, 1.165) is 29.5 Å². The number of hydrogen-bond donors (Lipinski definition) is 1. The number of benzene rings is 3. The molecule has 0 radical (unpaired) electrons. The molecule has 4 rings (SSSR count). The lowest BCUT2D eigenvalue weighted by Gasteiger charge is -2.24. The van der Waals surface area contributed by atoms with Gasteiger partial charge in [0, 0.05) is 30.9 Å². The van der Waals surface area contributed by atoms with E-state index in [4.69, 9.17) is 5.73 Å². The first kappa shape index (κ1) is 23.5. The van der Waals surface area contributed by atoms with Gasteiger partial charge in [0.25, 0.3) is 5.91 Å². The van der Waals surface area contributed by atoms with E-state index < -0.39 is 0 Å². The summed E-state index contributed by atoms with van der Waals surface area (Å²) in [6.07, 6.45) is 5.07. The molecule has 5 nitrogen and oxygen atoms in total. The zero-order valence-electron chi connectivity index (χ0n) is 19.6. The third-order valence-corrected chi connectivity index (χ3v) is 6.20. The van der Waals surface area contributed by atoms with E-state index in [1.165, 1.54) is 16.5 Å². The van der Waals surface area contributed by atoms with Crippen LogP contribution in [0.1, 0.15) is 24.5 Å². The summed E-state index contributed by atoms with van der Waals surface area (Å²) < 4.78 is 0. The molecule has 0 unspecified atom stereocenters. The molecule has 2 amide bonds. The van der Waals surface area contributed by atoms with Gasteiger partial charge in [-0.3, -0.25) is 14.5 Å². The van der Waals surface area contributed by atoms with Crippen LogP contribution >= 0.6 is 0 Å². The van der Waals surface area contributed by atoms with Gasteiger partial charge in [0.2, 0.25) is 5.91 Å². The maximum absolute atomic E-state index is 13.2. The van der Waals surface area contributed by atoms with Gasteiger partial charge in [-0.25, -0.2) is 0 Å². The first-order valence-electron chi connectivity index (χ1n) is 11.8. The molecular formula is C29H31N3O2. The molecule has 0 aliphatic carbocycles. The van der Waals surface area contributed by atoms with Crippen LogP contribution in [0.25, 0.3) is 17.2 Å². The Kier molecular flexibility index (Phi) is 7.55. The fourth-order valence-corrected chi connectivity index (χ4v) is 4.17. The highest BCUT2D eigenvalue weighted by molar-refractivity contribution is 6.06. The second-order valence-corrected chi connectivity index (χ2v) is 8.66. The lowest BCUT2D eigenvalue weighted by molar-refractivity contribution is -0.130. The molecule has 174 valence electrons. The highest BCUT2D eigenvalue weighted by atomic mass is 16.2. The minimum absolute atomic E-state index is 0.00393. The first-order valence-corrected chi connectivity index (χ1v) is 11.8. The van der Waals surface area contributed by atoms with Gasteiger partial charge in [-0.1, -0.05) is 73.7 Å². The molecule has 3 aromatic carbocycles. The fraction of sp³-hybridized carbons (Fsp3) is 0.241. The quantitative estimate of drug-likeness (QED) is 0.535. The lowest BCUT2D eigenvalue weighted by atomic mass is 10.0. The minimum Gasteiger partial charge on any atom is -0.340 e. The maximum atomic E-state index is 13.2. The topological polar surface area (TPSA) is 66.6 Å². The Hall–Kier alpha value is -3.70. The number of nitrogens with two attached hydrogens (primary N) is 1. The lowest BCUT2D eigenvalue weighted by Crippen LogP contribution is -2.42. The number of rotatable bonds is 7. The zero-order valence-corrected chi connectivity index (χ0v) is 19.6. The third-order valence-electron chi connectivity index (χ3n) is 6.20. The van der Waals surface area contributed by atoms with Crippen LogP contribution in [0, 0.1) is 0 Å². The largest absolute Gasteiger partial charge is 0.340 e. The van der Waals surface area contributed by atoms with Gasteiger partial charge >= 0.3 is 0 Å². The Morgan fingerprint density at radius 2 is 1.76 bits per heavy atom. The molecule has 0 bridgehead atoms. The van der Waals surface area contributed by atoms with Crippen molar-refractivity contribution in [2.45, 2.75) is 25.8 Å². The van der Waals surface area contributed by atoms with Crippen LogP contribution in [0.15, 0.2) is 84.9 Å². The summed E-state index contributed by atoms with van der Waals surface area (Å²) in [4.78, 5) is 29.5. The fourth-order valence-electron chi connectivity index (χ4n) is 4.17. The van der Waals surface area contributed by atoms with Crippen LogP contribution in [0.3, 0.4) is 0 Å². The summed E-state index contributed by atoms with van der Waals surface area (Å²) in [6.45, 7) is 3.29. The summed E-state index contributed by atoms with van der Waals surface area (Å²) in [5.41, 5.74) is 11.1. The monoisotopic (exact) mass is 453 g/mol. The van der Waals surface area contributed by atoms with Crippen LogP contribution in [0.2, 0.25) is 0 Å². The molecule has 1 fully saturated rings. The normalized spacial score (nSPS) is 15.6. The summed E-state index contributed by atoms with van der Waals surface area (Å²) in [7, 11) is 0.